The lowest BCUT2D eigenvalue weighted by Gasteiger charge is -2.26. The van der Waals surface area contributed by atoms with Crippen LogP contribution in [-0.4, -0.2) is 39.3 Å². The van der Waals surface area contributed by atoms with Crippen molar-refractivity contribution in [3.8, 4) is 33.4 Å². The summed E-state index contributed by atoms with van der Waals surface area (Å²) in [5.74, 6) is -3.69. The fourth-order valence-electron chi connectivity index (χ4n) is 5.48. The van der Waals surface area contributed by atoms with Crippen molar-refractivity contribution in [2.45, 2.75) is 13.8 Å². The second-order valence-electron chi connectivity index (χ2n) is 10.5. The normalized spacial score (nSPS) is 12.4. The van der Waals surface area contributed by atoms with Gasteiger partial charge in [0.15, 0.2) is 5.76 Å². The number of fused-ring (bicyclic) bond motifs is 1. The summed E-state index contributed by atoms with van der Waals surface area (Å²) in [4.78, 5) is 13.1. The molecular weight excluding hydrogens is 551 g/mol. The van der Waals surface area contributed by atoms with Gasteiger partial charge < -0.3 is 25.5 Å². The maximum atomic E-state index is 13.1. The van der Waals surface area contributed by atoms with Gasteiger partial charge in [-0.05, 0) is 52.9 Å². The van der Waals surface area contributed by atoms with Crippen LogP contribution < -0.4 is 0 Å². The van der Waals surface area contributed by atoms with E-state index in [0.717, 1.165) is 21.9 Å². The Morgan fingerprint density at radius 3 is 1.64 bits per heavy atom. The van der Waals surface area contributed by atoms with Gasteiger partial charge in [0.25, 0.3) is 0 Å². The van der Waals surface area contributed by atoms with Gasteiger partial charge in [-0.1, -0.05) is 103 Å². The molecule has 2 radical (unpaired) electrons. The second-order valence-corrected chi connectivity index (χ2v) is 10.5. The number of carboxylic acid groups (broad SMARTS) is 1. The summed E-state index contributed by atoms with van der Waals surface area (Å²) in [5, 5.41) is 56.9. The van der Waals surface area contributed by atoms with E-state index < -0.39 is 34.6 Å². The third-order valence-corrected chi connectivity index (χ3v) is 7.51. The van der Waals surface area contributed by atoms with E-state index in [1.54, 1.807) is 42.5 Å². The van der Waals surface area contributed by atoms with Crippen molar-refractivity contribution in [1.29, 1.82) is 0 Å². The van der Waals surface area contributed by atoms with Crippen molar-refractivity contribution >= 4 is 41.9 Å². The SMILES string of the molecule is [B]/C(C)=C(\O)c1c(C(=C)O)c(-c2ccc(-c3ccc4ccccc4c3)cc2)c(C(=O)O)c(/C(O)=C(\C)O)c1-c1ccccc1. The second kappa shape index (κ2) is 11.9. The summed E-state index contributed by atoms with van der Waals surface area (Å²) >= 11 is 0. The van der Waals surface area contributed by atoms with Crippen LogP contribution in [0.2, 0.25) is 0 Å². The Hall–Kier alpha value is -5.69. The number of benzene rings is 5. The van der Waals surface area contributed by atoms with E-state index >= 15 is 0 Å². The monoisotopic (exact) mass is 580 g/mol. The number of allylic oxidation sites excluding steroid dienone is 2. The van der Waals surface area contributed by atoms with E-state index in [0.29, 0.717) is 11.1 Å². The number of aliphatic hydroxyl groups excluding tert-OH is 4. The van der Waals surface area contributed by atoms with E-state index in [-0.39, 0.29) is 33.3 Å². The molecule has 0 aliphatic heterocycles. The number of hydrogen-bond donors (Lipinski definition) is 5. The van der Waals surface area contributed by atoms with Gasteiger partial charge in [-0.25, -0.2) is 4.79 Å². The molecule has 0 spiro atoms. The van der Waals surface area contributed by atoms with Crippen molar-refractivity contribution < 1.29 is 30.3 Å². The number of carboxylic acids is 1. The minimum atomic E-state index is -1.44. The molecule has 5 aromatic rings. The molecular formula is C37H29BO6. The van der Waals surface area contributed by atoms with Crippen LogP contribution >= 0.6 is 0 Å². The van der Waals surface area contributed by atoms with Gasteiger partial charge in [0.1, 0.15) is 25.1 Å². The quantitative estimate of drug-likeness (QED) is 0.0967. The Morgan fingerprint density at radius 1 is 0.568 bits per heavy atom. The Balaban J connectivity index is 1.91. The third kappa shape index (κ3) is 5.31. The van der Waals surface area contributed by atoms with Crippen LogP contribution in [0.15, 0.2) is 115 Å². The Bertz CT molecular complexity index is 1930. The van der Waals surface area contributed by atoms with Crippen LogP contribution in [-0.2, 0) is 0 Å². The molecule has 5 aromatic carbocycles. The Labute approximate surface area is 256 Å². The highest BCUT2D eigenvalue weighted by molar-refractivity contribution is 6.25. The van der Waals surface area contributed by atoms with Crippen molar-refractivity contribution in [2.75, 3.05) is 0 Å². The number of carbonyl (C=O) groups is 1. The molecule has 0 aliphatic rings. The molecule has 44 heavy (non-hydrogen) atoms. The first-order valence-electron chi connectivity index (χ1n) is 13.8. The van der Waals surface area contributed by atoms with Crippen LogP contribution in [0.1, 0.15) is 40.9 Å². The predicted octanol–water partition coefficient (Wildman–Crippen LogP) is 9.29. The zero-order valence-corrected chi connectivity index (χ0v) is 24.2. The zero-order chi connectivity index (χ0) is 31.7. The van der Waals surface area contributed by atoms with Gasteiger partial charge in [-0.15, -0.1) is 0 Å². The van der Waals surface area contributed by atoms with E-state index in [1.165, 1.54) is 13.8 Å². The van der Waals surface area contributed by atoms with E-state index in [9.17, 15) is 30.3 Å². The van der Waals surface area contributed by atoms with Gasteiger partial charge in [0, 0.05) is 27.8 Å². The van der Waals surface area contributed by atoms with Crippen molar-refractivity contribution in [2.24, 2.45) is 0 Å². The molecule has 0 unspecified atom stereocenters. The van der Waals surface area contributed by atoms with E-state index in [1.807, 2.05) is 48.5 Å². The third-order valence-electron chi connectivity index (χ3n) is 7.51. The van der Waals surface area contributed by atoms with Crippen LogP contribution in [0.25, 0.3) is 61.4 Å². The lowest BCUT2D eigenvalue weighted by atomic mass is 9.77. The maximum Gasteiger partial charge on any atom is 0.337 e. The van der Waals surface area contributed by atoms with Gasteiger partial charge in [0.2, 0.25) is 0 Å². The zero-order valence-electron chi connectivity index (χ0n) is 24.2. The molecule has 216 valence electrons. The van der Waals surface area contributed by atoms with Crippen molar-refractivity contribution in [3.63, 3.8) is 0 Å². The molecule has 5 rings (SSSR count). The van der Waals surface area contributed by atoms with E-state index in [2.05, 4.69) is 12.6 Å². The van der Waals surface area contributed by atoms with Crippen LogP contribution in [0, 0.1) is 0 Å². The number of aliphatic hydroxyl groups is 4. The van der Waals surface area contributed by atoms with E-state index in [4.69, 9.17) is 7.85 Å². The summed E-state index contributed by atoms with van der Waals surface area (Å²) in [6.07, 6.45) is 0. The molecule has 0 aromatic heterocycles. The molecule has 0 saturated carbocycles. The van der Waals surface area contributed by atoms with Crippen LogP contribution in [0.5, 0.6) is 0 Å². The first kappa shape index (κ1) is 29.8. The summed E-state index contributed by atoms with van der Waals surface area (Å²) in [6.45, 7) is 6.38. The van der Waals surface area contributed by atoms with Crippen molar-refractivity contribution in [3.05, 3.63) is 137 Å². The molecule has 0 saturated heterocycles. The van der Waals surface area contributed by atoms with Gasteiger partial charge in [0.05, 0.1) is 5.56 Å². The average Bonchev–Trinajstić information content (AvgIpc) is 3.02. The van der Waals surface area contributed by atoms with Gasteiger partial charge >= 0.3 is 5.97 Å². The molecule has 5 N–H and O–H groups in total. The molecule has 0 aliphatic carbocycles. The first-order chi connectivity index (χ1) is 21.0. The molecule has 0 heterocycles. The first-order valence-corrected chi connectivity index (χ1v) is 13.8. The smallest absolute Gasteiger partial charge is 0.337 e. The standard InChI is InChI=1S/C37H29BO6/c1-20(38)35(41)32-29(21(2)39)30(26-16-13-24(14-17-26)28-18-15-23-9-7-8-12-27(23)19-28)34(37(43)44)33(36(42)22(3)40)31(32)25-10-5-4-6-11-25/h4-19,39-42H,2H2,1,3H3,(H,43,44)/b35-20-,36-22-. The van der Waals surface area contributed by atoms with Gasteiger partial charge in [-0.3, -0.25) is 0 Å². The summed E-state index contributed by atoms with van der Waals surface area (Å²) < 4.78 is 0. The number of hydrogen-bond acceptors (Lipinski definition) is 5. The number of rotatable bonds is 7. The lowest BCUT2D eigenvalue weighted by molar-refractivity contribution is 0.0697. The van der Waals surface area contributed by atoms with Crippen LogP contribution in [0.4, 0.5) is 0 Å². The fourth-order valence-corrected chi connectivity index (χ4v) is 5.48. The molecule has 7 heteroatoms. The largest absolute Gasteiger partial charge is 0.509 e. The number of aromatic carboxylic acids is 1. The Morgan fingerprint density at radius 2 is 1.07 bits per heavy atom. The summed E-state index contributed by atoms with van der Waals surface area (Å²) in [5.41, 5.74) is 1.72. The van der Waals surface area contributed by atoms with Gasteiger partial charge in [-0.2, -0.15) is 0 Å². The maximum absolute atomic E-state index is 13.1. The molecule has 0 atom stereocenters. The summed E-state index contributed by atoms with van der Waals surface area (Å²) in [7, 11) is 6.06. The molecule has 6 nitrogen and oxygen atoms in total. The molecule has 0 amide bonds. The highest BCUT2D eigenvalue weighted by Crippen LogP contribution is 2.47. The minimum absolute atomic E-state index is 0.0273. The fraction of sp³-hybridized carbons (Fsp3) is 0.0541. The lowest BCUT2D eigenvalue weighted by Crippen LogP contribution is -2.14. The van der Waals surface area contributed by atoms with Crippen LogP contribution in [0.3, 0.4) is 0 Å². The van der Waals surface area contributed by atoms with Crippen molar-refractivity contribution in [1.82, 2.24) is 0 Å². The predicted molar refractivity (Wildman–Crippen MR) is 178 cm³/mol. The highest BCUT2D eigenvalue weighted by atomic mass is 16.4. The molecule has 0 fully saturated rings. The Kier molecular flexibility index (Phi) is 8.06. The minimum Gasteiger partial charge on any atom is -0.509 e. The highest BCUT2D eigenvalue weighted by Gasteiger charge is 2.33. The summed E-state index contributed by atoms with van der Waals surface area (Å²) in [6, 6.07) is 29.5. The topological polar surface area (TPSA) is 118 Å². The molecule has 0 bridgehead atoms. The average molecular weight is 580 g/mol.